The second kappa shape index (κ2) is 7.74. The zero-order valence-corrected chi connectivity index (χ0v) is 15.2. The first-order chi connectivity index (χ1) is 12.0. The Kier molecular flexibility index (Phi) is 5.64. The first-order valence-electron chi connectivity index (χ1n) is 9.12. The molecule has 0 aromatic heterocycles. The van der Waals surface area contributed by atoms with Crippen molar-refractivity contribution in [1.29, 1.82) is 0 Å². The van der Waals surface area contributed by atoms with Crippen molar-refractivity contribution in [2.45, 2.75) is 62.3 Å². The molecule has 1 saturated carbocycles. The Labute approximate surface area is 149 Å². The summed E-state index contributed by atoms with van der Waals surface area (Å²) in [6, 6.07) is 4.41. The Hall–Kier alpha value is -1.60. The number of sulfonamides is 1. The van der Waals surface area contributed by atoms with Gasteiger partial charge >= 0.3 is 5.97 Å². The average Bonchev–Trinajstić information content (AvgIpc) is 3.00. The number of carbonyl (C=O) groups is 1. The summed E-state index contributed by atoms with van der Waals surface area (Å²) in [4.78, 5) is 13.7. The van der Waals surface area contributed by atoms with Crippen molar-refractivity contribution in [3.63, 3.8) is 0 Å². The highest BCUT2D eigenvalue weighted by Crippen LogP contribution is 2.28. The van der Waals surface area contributed by atoms with Crippen molar-refractivity contribution in [3.05, 3.63) is 23.8 Å². The quantitative estimate of drug-likeness (QED) is 0.782. The van der Waals surface area contributed by atoms with Crippen molar-refractivity contribution in [3.8, 4) is 0 Å². The first kappa shape index (κ1) is 18.2. The van der Waals surface area contributed by atoms with Crippen LogP contribution in [0.2, 0.25) is 0 Å². The maximum atomic E-state index is 12.7. The van der Waals surface area contributed by atoms with E-state index in [0.717, 1.165) is 64.5 Å². The van der Waals surface area contributed by atoms with Crippen molar-refractivity contribution >= 4 is 21.7 Å². The van der Waals surface area contributed by atoms with Gasteiger partial charge in [0.2, 0.25) is 10.0 Å². The number of carboxylic acid groups (broad SMARTS) is 1. The molecule has 2 aliphatic rings. The SMILES string of the molecule is O=C(O)c1cc(S(=O)(=O)NC2CCCCCC2)ccc1N1CCCC1. The third-order valence-corrected chi connectivity index (χ3v) is 6.65. The number of hydrogen-bond donors (Lipinski definition) is 2. The van der Waals surface area contributed by atoms with E-state index in [1.165, 1.54) is 12.1 Å². The molecule has 2 fully saturated rings. The van der Waals surface area contributed by atoms with Crippen molar-refractivity contribution in [2.75, 3.05) is 18.0 Å². The smallest absolute Gasteiger partial charge is 0.337 e. The molecule has 1 heterocycles. The lowest BCUT2D eigenvalue weighted by atomic mass is 10.1. The molecular weight excluding hydrogens is 340 g/mol. The van der Waals surface area contributed by atoms with Gasteiger partial charge in [-0.3, -0.25) is 0 Å². The third kappa shape index (κ3) is 4.33. The zero-order valence-electron chi connectivity index (χ0n) is 14.4. The Morgan fingerprint density at radius 1 is 1.04 bits per heavy atom. The average molecular weight is 366 g/mol. The third-order valence-electron chi connectivity index (χ3n) is 5.13. The van der Waals surface area contributed by atoms with Gasteiger partial charge in [0.15, 0.2) is 0 Å². The van der Waals surface area contributed by atoms with Crippen LogP contribution < -0.4 is 9.62 Å². The molecule has 1 saturated heterocycles. The molecule has 6 nitrogen and oxygen atoms in total. The summed E-state index contributed by atoms with van der Waals surface area (Å²) < 4.78 is 28.2. The van der Waals surface area contributed by atoms with Gasteiger partial charge in [-0.25, -0.2) is 17.9 Å². The molecule has 0 atom stereocenters. The van der Waals surface area contributed by atoms with E-state index in [1.807, 2.05) is 4.90 Å². The summed E-state index contributed by atoms with van der Waals surface area (Å²) in [6.07, 6.45) is 8.10. The zero-order chi connectivity index (χ0) is 17.9. The van der Waals surface area contributed by atoms with Gasteiger partial charge in [0.05, 0.1) is 16.1 Å². The summed E-state index contributed by atoms with van der Waals surface area (Å²) in [7, 11) is -3.70. The van der Waals surface area contributed by atoms with E-state index in [2.05, 4.69) is 4.72 Å². The van der Waals surface area contributed by atoms with E-state index in [0.29, 0.717) is 5.69 Å². The Bertz CT molecular complexity index is 719. The molecule has 25 heavy (non-hydrogen) atoms. The number of anilines is 1. The summed E-state index contributed by atoms with van der Waals surface area (Å²) in [5.41, 5.74) is 0.670. The van der Waals surface area contributed by atoms with Gasteiger partial charge in [0, 0.05) is 19.1 Å². The highest BCUT2D eigenvalue weighted by molar-refractivity contribution is 7.89. The van der Waals surface area contributed by atoms with Crippen molar-refractivity contribution in [2.24, 2.45) is 0 Å². The van der Waals surface area contributed by atoms with E-state index in [-0.39, 0.29) is 16.5 Å². The second-order valence-electron chi connectivity index (χ2n) is 6.99. The van der Waals surface area contributed by atoms with Crippen molar-refractivity contribution in [1.82, 2.24) is 4.72 Å². The number of aromatic carboxylic acids is 1. The van der Waals surface area contributed by atoms with Gasteiger partial charge in [-0.15, -0.1) is 0 Å². The Morgan fingerprint density at radius 3 is 2.28 bits per heavy atom. The lowest BCUT2D eigenvalue weighted by molar-refractivity contribution is 0.0697. The monoisotopic (exact) mass is 366 g/mol. The standard InChI is InChI=1S/C18H26N2O4S/c21-18(22)16-13-15(9-10-17(16)20-11-5-6-12-20)25(23,24)19-14-7-3-1-2-4-8-14/h9-10,13-14,19H,1-8,11-12H2,(H,21,22). The summed E-state index contributed by atoms with van der Waals surface area (Å²) in [5, 5.41) is 9.53. The van der Waals surface area contributed by atoms with Gasteiger partial charge in [-0.2, -0.15) is 0 Å². The van der Waals surface area contributed by atoms with Gasteiger partial charge in [-0.1, -0.05) is 25.7 Å². The van der Waals surface area contributed by atoms with Gasteiger partial charge in [0.1, 0.15) is 0 Å². The lowest BCUT2D eigenvalue weighted by Gasteiger charge is -2.21. The molecule has 0 unspecified atom stereocenters. The molecule has 0 amide bonds. The van der Waals surface area contributed by atoms with Gasteiger partial charge in [0.25, 0.3) is 0 Å². The van der Waals surface area contributed by atoms with Crippen LogP contribution in [0.4, 0.5) is 5.69 Å². The highest BCUT2D eigenvalue weighted by Gasteiger charge is 2.25. The Morgan fingerprint density at radius 2 is 1.68 bits per heavy atom. The van der Waals surface area contributed by atoms with Crippen molar-refractivity contribution < 1.29 is 18.3 Å². The number of nitrogens with one attached hydrogen (secondary N) is 1. The molecule has 3 rings (SSSR count). The number of benzene rings is 1. The maximum absolute atomic E-state index is 12.7. The molecule has 0 radical (unpaired) electrons. The molecule has 1 aliphatic carbocycles. The molecule has 2 N–H and O–H groups in total. The highest BCUT2D eigenvalue weighted by atomic mass is 32.2. The van der Waals surface area contributed by atoms with Crippen LogP contribution in [0.15, 0.2) is 23.1 Å². The fourth-order valence-corrected chi connectivity index (χ4v) is 5.10. The fourth-order valence-electron chi connectivity index (χ4n) is 3.77. The molecule has 7 heteroatoms. The summed E-state index contributed by atoms with van der Waals surface area (Å²) in [5.74, 6) is -1.09. The van der Waals surface area contributed by atoms with Crippen LogP contribution in [-0.2, 0) is 10.0 Å². The van der Waals surface area contributed by atoms with Crippen LogP contribution in [0.5, 0.6) is 0 Å². The normalized spacial score (nSPS) is 19.8. The van der Waals surface area contributed by atoms with E-state index in [4.69, 9.17) is 0 Å². The van der Waals surface area contributed by atoms with Gasteiger partial charge < -0.3 is 10.0 Å². The molecule has 1 aromatic rings. The number of rotatable bonds is 5. The van der Waals surface area contributed by atoms with E-state index >= 15 is 0 Å². The van der Waals surface area contributed by atoms with Crippen LogP contribution in [0, 0.1) is 0 Å². The first-order valence-corrected chi connectivity index (χ1v) is 10.6. The topological polar surface area (TPSA) is 86.7 Å². The van der Waals surface area contributed by atoms with E-state index in [9.17, 15) is 18.3 Å². The summed E-state index contributed by atoms with van der Waals surface area (Å²) >= 11 is 0. The molecule has 0 bridgehead atoms. The minimum absolute atomic E-state index is 0.0390. The maximum Gasteiger partial charge on any atom is 0.337 e. The van der Waals surface area contributed by atoms with Gasteiger partial charge in [-0.05, 0) is 43.9 Å². The molecular formula is C18H26N2O4S. The van der Waals surface area contributed by atoms with Crippen LogP contribution >= 0.6 is 0 Å². The predicted octanol–water partition coefficient (Wildman–Crippen LogP) is 2.99. The van der Waals surface area contributed by atoms with Crippen LogP contribution in [0.25, 0.3) is 0 Å². The molecule has 0 spiro atoms. The molecule has 138 valence electrons. The second-order valence-corrected chi connectivity index (χ2v) is 8.70. The number of nitrogens with zero attached hydrogens (tertiary/aromatic N) is 1. The Balaban J connectivity index is 1.85. The minimum atomic E-state index is -3.70. The van der Waals surface area contributed by atoms with E-state index < -0.39 is 16.0 Å². The molecule has 1 aliphatic heterocycles. The predicted molar refractivity (Wildman–Crippen MR) is 96.7 cm³/mol. The number of carboxylic acids is 1. The minimum Gasteiger partial charge on any atom is -0.478 e. The van der Waals surface area contributed by atoms with E-state index in [1.54, 1.807) is 6.07 Å². The fraction of sp³-hybridized carbons (Fsp3) is 0.611. The molecule has 1 aromatic carbocycles. The number of hydrogen-bond acceptors (Lipinski definition) is 4. The van der Waals surface area contributed by atoms with Crippen LogP contribution in [0.1, 0.15) is 61.7 Å². The largest absolute Gasteiger partial charge is 0.478 e. The summed E-state index contributed by atoms with van der Waals surface area (Å²) in [6.45, 7) is 1.62. The van der Waals surface area contributed by atoms with Crippen LogP contribution in [0.3, 0.4) is 0 Å². The van der Waals surface area contributed by atoms with Crippen LogP contribution in [-0.4, -0.2) is 38.6 Å². The lowest BCUT2D eigenvalue weighted by Crippen LogP contribution is -2.34.